The summed E-state index contributed by atoms with van der Waals surface area (Å²) in [5.41, 5.74) is 2.97. The maximum absolute atomic E-state index is 14.0. The van der Waals surface area contributed by atoms with E-state index in [2.05, 4.69) is 22.2 Å². The lowest BCUT2D eigenvalue weighted by molar-refractivity contribution is -0.111. The summed E-state index contributed by atoms with van der Waals surface area (Å²) in [5.74, 6) is 1.29. The number of nitrogens with zero attached hydrogens (tertiary/aromatic N) is 2. The molecule has 1 amide bonds. The van der Waals surface area contributed by atoms with Gasteiger partial charge in [0.1, 0.15) is 17.3 Å². The topological polar surface area (TPSA) is 94.5 Å². The average Bonchev–Trinajstić information content (AvgIpc) is 3.77. The van der Waals surface area contributed by atoms with Crippen molar-refractivity contribution in [2.75, 3.05) is 24.9 Å². The minimum Gasteiger partial charge on any atom is -0.495 e. The summed E-state index contributed by atoms with van der Waals surface area (Å²) in [5, 5.41) is 7.76. The van der Waals surface area contributed by atoms with Gasteiger partial charge in [-0.3, -0.25) is 9.59 Å². The smallest absolute Gasteiger partial charge is 0.259 e. The third-order valence-corrected chi connectivity index (χ3v) is 7.68. The zero-order valence-corrected chi connectivity index (χ0v) is 23.8. The summed E-state index contributed by atoms with van der Waals surface area (Å²) in [7, 11) is 3.02. The van der Waals surface area contributed by atoms with Crippen molar-refractivity contribution >= 4 is 57.1 Å². The fraction of sp³-hybridized carbons (Fsp3) is 0.233. The Bertz CT molecular complexity index is 1680. The van der Waals surface area contributed by atoms with Crippen LogP contribution in [0.3, 0.4) is 0 Å². The summed E-state index contributed by atoms with van der Waals surface area (Å²) in [6, 6.07) is 10.7. The highest BCUT2D eigenvalue weighted by Gasteiger charge is 2.27. The van der Waals surface area contributed by atoms with Crippen LogP contribution in [0, 0.1) is 12.8 Å². The molecule has 0 atom stereocenters. The number of nitrogens with one attached hydrogen (secondary N) is 2. The van der Waals surface area contributed by atoms with Crippen molar-refractivity contribution in [2.24, 2.45) is 5.92 Å². The van der Waals surface area contributed by atoms with E-state index in [-0.39, 0.29) is 21.5 Å². The van der Waals surface area contributed by atoms with Gasteiger partial charge in [-0.2, -0.15) is 0 Å². The van der Waals surface area contributed by atoms with Gasteiger partial charge in [-0.25, -0.2) is 4.98 Å². The Morgan fingerprint density at radius 1 is 1.15 bits per heavy atom. The van der Waals surface area contributed by atoms with Crippen LogP contribution < -0.4 is 25.7 Å². The lowest BCUT2D eigenvalue weighted by Crippen LogP contribution is -2.23. The number of para-hydroxylation sites is 1. The van der Waals surface area contributed by atoms with Crippen molar-refractivity contribution in [3.8, 4) is 22.8 Å². The zero-order valence-electron chi connectivity index (χ0n) is 22.3. The second-order valence-corrected chi connectivity index (χ2v) is 10.4. The van der Waals surface area contributed by atoms with E-state index in [1.807, 2.05) is 25.1 Å². The van der Waals surface area contributed by atoms with Gasteiger partial charge in [-0.15, -0.1) is 0 Å². The van der Waals surface area contributed by atoms with E-state index >= 15 is 0 Å². The third-order valence-electron chi connectivity index (χ3n) is 6.93. The number of ether oxygens (including phenoxy) is 2. The first-order valence-electron chi connectivity index (χ1n) is 12.7. The van der Waals surface area contributed by atoms with Crippen molar-refractivity contribution in [3.05, 3.63) is 81.2 Å². The highest BCUT2D eigenvalue weighted by Crippen LogP contribution is 2.46. The molecule has 0 bridgehead atoms. The average molecular weight is 579 g/mol. The molecule has 5 rings (SSSR count). The van der Waals surface area contributed by atoms with Crippen molar-refractivity contribution in [1.82, 2.24) is 9.55 Å². The summed E-state index contributed by atoms with van der Waals surface area (Å²) >= 11 is 13.5. The molecule has 206 valence electrons. The lowest BCUT2D eigenvalue weighted by Gasteiger charge is -2.20. The van der Waals surface area contributed by atoms with Crippen LogP contribution in [0.15, 0.2) is 60.0 Å². The highest BCUT2D eigenvalue weighted by atomic mass is 35.5. The normalized spacial score (nSPS) is 12.7. The van der Waals surface area contributed by atoms with E-state index in [1.54, 1.807) is 29.0 Å². The molecule has 40 heavy (non-hydrogen) atoms. The molecule has 2 heterocycles. The van der Waals surface area contributed by atoms with E-state index < -0.39 is 0 Å². The lowest BCUT2D eigenvalue weighted by atomic mass is 10.1. The molecule has 1 saturated carbocycles. The molecule has 4 aromatic rings. The molecule has 1 aliphatic carbocycles. The summed E-state index contributed by atoms with van der Waals surface area (Å²) in [4.78, 5) is 30.6. The number of amides is 1. The standard InChI is InChI=1S/C30H28Cl2N4O4/c1-5-25(37)34-20-8-6-7-16(2)29(20)35-24-12-19-18(14-33-24)11-21(36(30(19)38)15-17-9-10-17)26-27(31)22(39-3)13-23(40-4)28(26)32/h5-8,11-14,17H,1,9-10,15H2,2-4H3,(H,33,35)(H,34,37). The number of fused-ring (bicyclic) bond motifs is 1. The van der Waals surface area contributed by atoms with Crippen LogP contribution in [0.4, 0.5) is 17.2 Å². The van der Waals surface area contributed by atoms with Gasteiger partial charge in [0, 0.05) is 29.8 Å². The molecular weight excluding hydrogens is 551 g/mol. The molecule has 0 spiro atoms. The Hall–Kier alpha value is -4.01. The monoisotopic (exact) mass is 578 g/mol. The van der Waals surface area contributed by atoms with E-state index in [4.69, 9.17) is 32.7 Å². The molecule has 1 aliphatic rings. The first-order chi connectivity index (χ1) is 19.2. The van der Waals surface area contributed by atoms with Crippen LogP contribution in [0.25, 0.3) is 22.0 Å². The fourth-order valence-electron chi connectivity index (χ4n) is 4.62. The molecule has 0 unspecified atom stereocenters. The number of hydrogen-bond acceptors (Lipinski definition) is 6. The van der Waals surface area contributed by atoms with Gasteiger partial charge in [0.2, 0.25) is 5.91 Å². The Labute approximate surface area is 241 Å². The first kappa shape index (κ1) is 27.6. The number of methoxy groups -OCH3 is 2. The summed E-state index contributed by atoms with van der Waals surface area (Å²) in [6.07, 6.45) is 4.92. The highest BCUT2D eigenvalue weighted by molar-refractivity contribution is 6.41. The number of pyridine rings is 2. The quantitative estimate of drug-likeness (QED) is 0.208. The number of anilines is 3. The maximum Gasteiger partial charge on any atom is 0.259 e. The number of halogens is 2. The van der Waals surface area contributed by atoms with Crippen molar-refractivity contribution in [3.63, 3.8) is 0 Å². The van der Waals surface area contributed by atoms with E-state index in [1.165, 1.54) is 20.3 Å². The van der Waals surface area contributed by atoms with Crippen LogP contribution in [-0.4, -0.2) is 29.7 Å². The number of aromatic nitrogens is 2. The van der Waals surface area contributed by atoms with Crippen molar-refractivity contribution < 1.29 is 14.3 Å². The van der Waals surface area contributed by atoms with Crippen molar-refractivity contribution in [2.45, 2.75) is 26.3 Å². The molecule has 0 saturated heterocycles. The second-order valence-electron chi connectivity index (χ2n) is 9.65. The maximum atomic E-state index is 14.0. The Kier molecular flexibility index (Phi) is 7.74. The number of benzene rings is 2. The SMILES string of the molecule is C=CC(=O)Nc1cccc(C)c1Nc1cc2c(=O)n(CC3CC3)c(-c3c(Cl)c(OC)cc(OC)c3Cl)cc2cn1. The van der Waals surface area contributed by atoms with Crippen LogP contribution in [-0.2, 0) is 11.3 Å². The largest absolute Gasteiger partial charge is 0.495 e. The first-order valence-corrected chi connectivity index (χ1v) is 13.4. The Morgan fingerprint density at radius 3 is 2.48 bits per heavy atom. The van der Waals surface area contributed by atoms with Crippen LogP contribution in [0.1, 0.15) is 18.4 Å². The van der Waals surface area contributed by atoms with Crippen molar-refractivity contribution in [1.29, 1.82) is 0 Å². The summed E-state index contributed by atoms with van der Waals surface area (Å²) < 4.78 is 12.7. The molecule has 10 heteroatoms. The van der Waals surface area contributed by atoms with Gasteiger partial charge in [0.25, 0.3) is 5.56 Å². The van der Waals surface area contributed by atoms with E-state index in [9.17, 15) is 9.59 Å². The molecule has 2 N–H and O–H groups in total. The van der Waals surface area contributed by atoms with Crippen LogP contribution in [0.5, 0.6) is 11.5 Å². The molecule has 1 fully saturated rings. The minimum absolute atomic E-state index is 0.191. The Balaban J connectivity index is 1.66. The fourth-order valence-corrected chi connectivity index (χ4v) is 5.32. The van der Waals surface area contributed by atoms with E-state index in [0.29, 0.717) is 63.2 Å². The predicted octanol–water partition coefficient (Wildman–Crippen LogP) is 6.97. The number of carbonyl (C=O) groups excluding carboxylic acids is 1. The zero-order chi connectivity index (χ0) is 28.6. The minimum atomic E-state index is -0.331. The molecule has 2 aromatic carbocycles. The van der Waals surface area contributed by atoms with E-state index in [0.717, 1.165) is 18.4 Å². The Morgan fingerprint density at radius 2 is 1.85 bits per heavy atom. The molecule has 8 nitrogen and oxygen atoms in total. The molecule has 2 aromatic heterocycles. The number of carbonyl (C=O) groups is 1. The second kappa shape index (κ2) is 11.2. The van der Waals surface area contributed by atoms with Crippen LogP contribution in [0.2, 0.25) is 10.0 Å². The third kappa shape index (κ3) is 5.24. The summed E-state index contributed by atoms with van der Waals surface area (Å²) in [6.45, 7) is 5.96. The van der Waals surface area contributed by atoms with Gasteiger partial charge >= 0.3 is 0 Å². The number of rotatable bonds is 9. The predicted molar refractivity (Wildman–Crippen MR) is 161 cm³/mol. The van der Waals surface area contributed by atoms with Gasteiger partial charge < -0.3 is 24.7 Å². The molecule has 0 radical (unpaired) electrons. The van der Waals surface area contributed by atoms with Gasteiger partial charge in [-0.05, 0) is 55.5 Å². The van der Waals surface area contributed by atoms with Crippen LogP contribution >= 0.6 is 23.2 Å². The van der Waals surface area contributed by atoms with Gasteiger partial charge in [-0.1, -0.05) is 41.9 Å². The molecule has 0 aliphatic heterocycles. The molecular formula is C30H28Cl2N4O4. The van der Waals surface area contributed by atoms with Gasteiger partial charge in [0.05, 0.1) is 46.7 Å². The number of aryl methyl sites for hydroxylation is 1. The van der Waals surface area contributed by atoms with Gasteiger partial charge in [0.15, 0.2) is 0 Å². The number of hydrogen-bond donors (Lipinski definition) is 2.